The number of nitrogens with one attached hydrogen (secondary N) is 1. The van der Waals surface area contributed by atoms with Gasteiger partial charge in [-0.1, -0.05) is 12.1 Å². The van der Waals surface area contributed by atoms with Gasteiger partial charge in [-0.15, -0.1) is 22.7 Å². The topological polar surface area (TPSA) is 76.9 Å². The molecule has 2 aromatic carbocycles. The number of hydrogen-bond acceptors (Lipinski definition) is 6. The van der Waals surface area contributed by atoms with Crippen LogP contribution in [0.5, 0.6) is 0 Å². The van der Waals surface area contributed by atoms with Gasteiger partial charge in [-0.3, -0.25) is 14.2 Å². The molecule has 1 amide bonds. The molecule has 0 aliphatic heterocycles. The molecule has 0 bridgehead atoms. The standard InChI is InChI=1S/C23H18N4O2S2/c1-13-14(2)30-22-20(13)23(29)27(12-24-22)11-19(28)25-16-9-7-15(8-10-16)21-26-17-5-3-4-6-18(17)31-21/h3-10,12H,11H2,1-2H3,(H,25,28). The van der Waals surface area contributed by atoms with Gasteiger partial charge in [0.1, 0.15) is 16.4 Å². The van der Waals surface area contributed by atoms with Crippen LogP contribution in [0.3, 0.4) is 0 Å². The number of aryl methyl sites for hydroxylation is 2. The van der Waals surface area contributed by atoms with Crippen molar-refractivity contribution >= 4 is 54.7 Å². The van der Waals surface area contributed by atoms with Crippen molar-refractivity contribution in [2.75, 3.05) is 5.32 Å². The van der Waals surface area contributed by atoms with E-state index in [1.165, 1.54) is 22.2 Å². The quantitative estimate of drug-likeness (QED) is 0.422. The molecule has 154 valence electrons. The lowest BCUT2D eigenvalue weighted by atomic mass is 10.2. The number of fused-ring (bicyclic) bond motifs is 2. The molecule has 8 heteroatoms. The molecule has 1 N–H and O–H groups in total. The van der Waals surface area contributed by atoms with Crippen LogP contribution < -0.4 is 10.9 Å². The number of carbonyl (C=O) groups excluding carboxylic acids is 1. The zero-order valence-corrected chi connectivity index (χ0v) is 18.5. The number of rotatable bonds is 4. The third-order valence-corrected chi connectivity index (χ3v) is 7.38. The van der Waals surface area contributed by atoms with Crippen LogP contribution in [0.15, 0.2) is 59.7 Å². The molecule has 5 aromatic rings. The summed E-state index contributed by atoms with van der Waals surface area (Å²) in [6, 6.07) is 15.6. The Morgan fingerprint density at radius 3 is 2.61 bits per heavy atom. The summed E-state index contributed by atoms with van der Waals surface area (Å²) < 4.78 is 2.49. The number of nitrogens with zero attached hydrogens (tertiary/aromatic N) is 3. The first-order valence-electron chi connectivity index (χ1n) is 9.70. The summed E-state index contributed by atoms with van der Waals surface area (Å²) >= 11 is 3.13. The van der Waals surface area contributed by atoms with Gasteiger partial charge in [-0.2, -0.15) is 0 Å². The monoisotopic (exact) mass is 446 g/mol. The van der Waals surface area contributed by atoms with Gasteiger partial charge in [0.25, 0.3) is 5.56 Å². The number of para-hydroxylation sites is 1. The molecule has 0 saturated heterocycles. The maximum atomic E-state index is 12.8. The van der Waals surface area contributed by atoms with Crippen molar-refractivity contribution < 1.29 is 4.79 Å². The predicted molar refractivity (Wildman–Crippen MR) is 127 cm³/mol. The number of benzene rings is 2. The van der Waals surface area contributed by atoms with Crippen molar-refractivity contribution in [2.24, 2.45) is 0 Å². The van der Waals surface area contributed by atoms with Crippen molar-refractivity contribution in [1.29, 1.82) is 0 Å². The smallest absolute Gasteiger partial charge is 0.262 e. The predicted octanol–water partition coefficient (Wildman–Crippen LogP) is 4.99. The normalized spacial score (nSPS) is 11.3. The fraction of sp³-hybridized carbons (Fsp3) is 0.130. The first-order chi connectivity index (χ1) is 15.0. The Morgan fingerprint density at radius 1 is 1.06 bits per heavy atom. The molecule has 0 unspecified atom stereocenters. The van der Waals surface area contributed by atoms with Crippen LogP contribution in [0.25, 0.3) is 31.0 Å². The average molecular weight is 447 g/mol. The Labute approximate surface area is 185 Å². The number of carbonyl (C=O) groups is 1. The zero-order chi connectivity index (χ0) is 21.5. The summed E-state index contributed by atoms with van der Waals surface area (Å²) in [5.41, 5.74) is 3.38. The number of thiophene rings is 1. The second kappa shape index (κ2) is 7.72. The zero-order valence-electron chi connectivity index (χ0n) is 16.9. The molecule has 0 saturated carbocycles. The highest BCUT2D eigenvalue weighted by atomic mass is 32.1. The molecule has 5 rings (SSSR count). The highest BCUT2D eigenvalue weighted by molar-refractivity contribution is 7.21. The lowest BCUT2D eigenvalue weighted by Gasteiger charge is -2.08. The number of hydrogen-bond donors (Lipinski definition) is 1. The largest absolute Gasteiger partial charge is 0.325 e. The van der Waals surface area contributed by atoms with Gasteiger partial charge in [-0.25, -0.2) is 9.97 Å². The summed E-state index contributed by atoms with van der Waals surface area (Å²) in [6.07, 6.45) is 1.44. The molecule has 0 atom stereocenters. The summed E-state index contributed by atoms with van der Waals surface area (Å²) in [4.78, 5) is 36.1. The SMILES string of the molecule is Cc1sc2ncn(CC(=O)Nc3ccc(-c4nc5ccccc5s4)cc3)c(=O)c2c1C. The summed E-state index contributed by atoms with van der Waals surface area (Å²) in [5.74, 6) is -0.277. The van der Waals surface area contributed by atoms with E-state index in [0.29, 0.717) is 15.9 Å². The molecule has 6 nitrogen and oxygen atoms in total. The van der Waals surface area contributed by atoms with E-state index in [0.717, 1.165) is 31.2 Å². The van der Waals surface area contributed by atoms with Gasteiger partial charge in [0.05, 0.1) is 21.9 Å². The van der Waals surface area contributed by atoms with Crippen LogP contribution in [-0.2, 0) is 11.3 Å². The van der Waals surface area contributed by atoms with Crippen molar-refractivity contribution in [2.45, 2.75) is 20.4 Å². The van der Waals surface area contributed by atoms with Gasteiger partial charge in [0, 0.05) is 16.1 Å². The number of aromatic nitrogens is 3. The lowest BCUT2D eigenvalue weighted by molar-refractivity contribution is -0.116. The van der Waals surface area contributed by atoms with Crippen molar-refractivity contribution in [3.05, 3.63) is 75.7 Å². The second-order valence-corrected chi connectivity index (χ2v) is 9.49. The molecule has 3 heterocycles. The molecule has 0 aliphatic carbocycles. The van der Waals surface area contributed by atoms with E-state index in [4.69, 9.17) is 0 Å². The molecule has 0 aliphatic rings. The summed E-state index contributed by atoms with van der Waals surface area (Å²) in [7, 11) is 0. The van der Waals surface area contributed by atoms with Crippen LogP contribution in [0.4, 0.5) is 5.69 Å². The highest BCUT2D eigenvalue weighted by Crippen LogP contribution is 2.30. The third-order valence-electron chi connectivity index (χ3n) is 5.18. The fourth-order valence-corrected chi connectivity index (χ4v) is 5.39. The second-order valence-electron chi connectivity index (χ2n) is 7.25. The van der Waals surface area contributed by atoms with Crippen LogP contribution in [0.1, 0.15) is 10.4 Å². The van der Waals surface area contributed by atoms with Crippen molar-refractivity contribution in [3.8, 4) is 10.6 Å². The Kier molecular flexibility index (Phi) is 4.88. The van der Waals surface area contributed by atoms with Gasteiger partial charge in [-0.05, 0) is 55.8 Å². The number of anilines is 1. The average Bonchev–Trinajstić information content (AvgIpc) is 3.32. The Balaban J connectivity index is 1.33. The van der Waals surface area contributed by atoms with Crippen LogP contribution in [0, 0.1) is 13.8 Å². The fourth-order valence-electron chi connectivity index (χ4n) is 3.43. The highest BCUT2D eigenvalue weighted by Gasteiger charge is 2.14. The molecule has 0 radical (unpaired) electrons. The van der Waals surface area contributed by atoms with Gasteiger partial charge in [0.2, 0.25) is 5.91 Å². The number of amides is 1. The Morgan fingerprint density at radius 2 is 1.84 bits per heavy atom. The third kappa shape index (κ3) is 3.64. The Hall–Kier alpha value is -3.36. The summed E-state index contributed by atoms with van der Waals surface area (Å²) in [5, 5.41) is 4.38. The van der Waals surface area contributed by atoms with E-state index in [-0.39, 0.29) is 18.0 Å². The molecule has 31 heavy (non-hydrogen) atoms. The van der Waals surface area contributed by atoms with Crippen LogP contribution >= 0.6 is 22.7 Å². The summed E-state index contributed by atoms with van der Waals surface area (Å²) in [6.45, 7) is 3.79. The van der Waals surface area contributed by atoms with Gasteiger partial charge < -0.3 is 5.32 Å². The van der Waals surface area contributed by atoms with E-state index in [9.17, 15) is 9.59 Å². The van der Waals surface area contributed by atoms with E-state index >= 15 is 0 Å². The molecular weight excluding hydrogens is 428 g/mol. The lowest BCUT2D eigenvalue weighted by Crippen LogP contribution is -2.27. The first kappa shape index (κ1) is 19.6. The number of thiazole rings is 1. The molecule has 0 spiro atoms. The van der Waals surface area contributed by atoms with Gasteiger partial charge >= 0.3 is 0 Å². The first-order valence-corrected chi connectivity index (χ1v) is 11.3. The van der Waals surface area contributed by atoms with Gasteiger partial charge in [0.15, 0.2) is 0 Å². The Bertz CT molecular complexity index is 1460. The van der Waals surface area contributed by atoms with E-state index < -0.39 is 0 Å². The van der Waals surface area contributed by atoms with Crippen molar-refractivity contribution in [3.63, 3.8) is 0 Å². The van der Waals surface area contributed by atoms with E-state index in [1.807, 2.05) is 56.3 Å². The van der Waals surface area contributed by atoms with Crippen LogP contribution in [0.2, 0.25) is 0 Å². The van der Waals surface area contributed by atoms with Crippen LogP contribution in [-0.4, -0.2) is 20.4 Å². The molecular formula is C23H18N4O2S2. The minimum atomic E-state index is -0.277. The van der Waals surface area contributed by atoms with Crippen molar-refractivity contribution in [1.82, 2.24) is 14.5 Å². The molecule has 0 fully saturated rings. The van der Waals surface area contributed by atoms with E-state index in [2.05, 4.69) is 21.4 Å². The maximum Gasteiger partial charge on any atom is 0.262 e. The molecule has 3 aromatic heterocycles. The maximum absolute atomic E-state index is 12.8. The van der Waals surface area contributed by atoms with E-state index in [1.54, 1.807) is 11.3 Å². The minimum absolute atomic E-state index is 0.0876. The minimum Gasteiger partial charge on any atom is -0.325 e.